The van der Waals surface area contributed by atoms with Gasteiger partial charge >= 0.3 is 0 Å². The van der Waals surface area contributed by atoms with Crippen molar-refractivity contribution in [2.24, 2.45) is 4.40 Å². The highest BCUT2D eigenvalue weighted by Crippen LogP contribution is 2.25. The average Bonchev–Trinajstić information content (AvgIpc) is 2.37. The van der Waals surface area contributed by atoms with Gasteiger partial charge in [0.2, 0.25) is 0 Å². The van der Waals surface area contributed by atoms with Crippen molar-refractivity contribution in [3.05, 3.63) is 34.4 Å². The molecule has 0 aliphatic rings. The maximum absolute atomic E-state index is 12.1. The third kappa shape index (κ3) is 4.02. The van der Waals surface area contributed by atoms with Crippen LogP contribution in [-0.4, -0.2) is 25.3 Å². The Labute approximate surface area is 117 Å². The predicted octanol–water partition coefficient (Wildman–Crippen LogP) is 2.52. The summed E-state index contributed by atoms with van der Waals surface area (Å²) in [5.41, 5.74) is -0.503. The highest BCUT2D eigenvalue weighted by molar-refractivity contribution is 7.90. The highest BCUT2D eigenvalue weighted by atomic mass is 32.2. The second-order valence-electron chi connectivity index (χ2n) is 4.21. The van der Waals surface area contributed by atoms with Gasteiger partial charge in [-0.3, -0.25) is 10.1 Å². The van der Waals surface area contributed by atoms with Crippen molar-refractivity contribution < 1.29 is 18.1 Å². The fraction of sp³-hybridized carbons (Fsp3) is 0.417. The first-order valence-corrected chi connectivity index (χ1v) is 7.45. The van der Waals surface area contributed by atoms with Crippen LogP contribution in [0, 0.1) is 10.1 Å². The van der Waals surface area contributed by atoms with Gasteiger partial charge in [0.1, 0.15) is 0 Å². The van der Waals surface area contributed by atoms with Crippen molar-refractivity contribution >= 4 is 21.6 Å². The smallest absolute Gasteiger partial charge is 0.292 e. The van der Waals surface area contributed by atoms with E-state index < -0.39 is 25.5 Å². The monoisotopic (exact) mass is 300 g/mol. The van der Waals surface area contributed by atoms with Gasteiger partial charge in [0.05, 0.1) is 11.0 Å². The number of nitro benzene ring substituents is 1. The fourth-order valence-electron chi connectivity index (χ4n) is 1.45. The van der Waals surface area contributed by atoms with Gasteiger partial charge in [0.15, 0.2) is 10.8 Å². The van der Waals surface area contributed by atoms with E-state index in [1.54, 1.807) is 20.8 Å². The van der Waals surface area contributed by atoms with E-state index in [0.29, 0.717) is 0 Å². The first-order chi connectivity index (χ1) is 9.27. The van der Waals surface area contributed by atoms with E-state index in [4.69, 9.17) is 4.74 Å². The molecule has 0 fully saturated rings. The van der Waals surface area contributed by atoms with E-state index >= 15 is 0 Å². The molecule has 1 aromatic rings. The minimum absolute atomic E-state index is 0.0261. The number of ether oxygens (including phenoxy) is 1. The van der Waals surface area contributed by atoms with Crippen molar-refractivity contribution in [3.63, 3.8) is 0 Å². The number of nitrogens with zero attached hydrogens (tertiary/aromatic N) is 2. The second-order valence-corrected chi connectivity index (χ2v) is 5.78. The van der Waals surface area contributed by atoms with Gasteiger partial charge in [-0.1, -0.05) is 19.1 Å². The zero-order valence-electron chi connectivity index (χ0n) is 11.4. The summed E-state index contributed by atoms with van der Waals surface area (Å²) in [7, 11) is -4.17. The molecule has 1 rings (SSSR count). The number of sulfonamides is 1. The summed E-state index contributed by atoms with van der Waals surface area (Å²) in [6.07, 6.45) is 0.0487. The Morgan fingerprint density at radius 2 is 2.00 bits per heavy atom. The van der Waals surface area contributed by atoms with Crippen molar-refractivity contribution in [3.8, 4) is 0 Å². The lowest BCUT2D eigenvalue weighted by molar-refractivity contribution is -0.387. The van der Waals surface area contributed by atoms with Gasteiger partial charge in [-0.25, -0.2) is 0 Å². The van der Waals surface area contributed by atoms with E-state index in [1.165, 1.54) is 12.1 Å². The molecule has 0 atom stereocenters. The van der Waals surface area contributed by atoms with Crippen molar-refractivity contribution in [1.29, 1.82) is 0 Å². The molecule has 1 aromatic carbocycles. The average molecular weight is 300 g/mol. The quantitative estimate of drug-likeness (QED) is 0.360. The molecule has 0 aliphatic carbocycles. The third-order valence-corrected chi connectivity index (χ3v) is 3.58. The standard InChI is InChI=1S/C12H16N2O5S/c1-4-12(19-9(2)3)13-20(17,18)11-8-6-5-7-10(11)14(15)16/h5-9H,4H2,1-3H3/b13-12+. The molecule has 0 radical (unpaired) electrons. The molecule has 0 bridgehead atoms. The maximum Gasteiger partial charge on any atom is 0.292 e. The summed E-state index contributed by atoms with van der Waals surface area (Å²) in [6, 6.07) is 5.08. The number of hydrogen-bond acceptors (Lipinski definition) is 5. The molecule has 0 amide bonds. The summed E-state index contributed by atoms with van der Waals surface area (Å²) < 4.78 is 33.1. The summed E-state index contributed by atoms with van der Waals surface area (Å²) >= 11 is 0. The molecule has 20 heavy (non-hydrogen) atoms. The molecule has 110 valence electrons. The van der Waals surface area contributed by atoms with Crippen LogP contribution < -0.4 is 0 Å². The lowest BCUT2D eigenvalue weighted by atomic mass is 10.3. The molecule has 0 N–H and O–H groups in total. The van der Waals surface area contributed by atoms with Crippen molar-refractivity contribution in [2.75, 3.05) is 0 Å². The lowest BCUT2D eigenvalue weighted by Gasteiger charge is -2.10. The topological polar surface area (TPSA) is 98.9 Å². The molecule has 8 heteroatoms. The van der Waals surface area contributed by atoms with E-state index in [-0.39, 0.29) is 18.4 Å². The minimum Gasteiger partial charge on any atom is -0.478 e. The Balaban J connectivity index is 3.30. The van der Waals surface area contributed by atoms with Crippen LogP contribution in [0.2, 0.25) is 0 Å². The Morgan fingerprint density at radius 3 is 2.50 bits per heavy atom. The predicted molar refractivity (Wildman–Crippen MR) is 74.2 cm³/mol. The number of rotatable bonds is 5. The number of benzene rings is 1. The highest BCUT2D eigenvalue weighted by Gasteiger charge is 2.25. The zero-order valence-corrected chi connectivity index (χ0v) is 12.3. The Bertz CT molecular complexity index is 622. The normalized spacial score (nSPS) is 12.5. The summed E-state index contributed by atoms with van der Waals surface area (Å²) in [5, 5.41) is 10.9. The summed E-state index contributed by atoms with van der Waals surface area (Å²) in [6.45, 7) is 5.17. The van der Waals surface area contributed by atoms with Crippen LogP contribution in [0.15, 0.2) is 33.6 Å². The van der Waals surface area contributed by atoms with Crippen molar-refractivity contribution in [1.82, 2.24) is 0 Å². The van der Waals surface area contributed by atoms with Crippen LogP contribution in [0.4, 0.5) is 5.69 Å². The Morgan fingerprint density at radius 1 is 1.40 bits per heavy atom. The lowest BCUT2D eigenvalue weighted by Crippen LogP contribution is -2.13. The first kappa shape index (κ1) is 16.1. The summed E-state index contributed by atoms with van der Waals surface area (Å²) in [4.78, 5) is 9.67. The van der Waals surface area contributed by atoms with E-state index in [1.807, 2.05) is 0 Å². The molecular weight excluding hydrogens is 284 g/mol. The number of hydrogen-bond donors (Lipinski definition) is 0. The van der Waals surface area contributed by atoms with Crippen molar-refractivity contribution in [2.45, 2.75) is 38.2 Å². The van der Waals surface area contributed by atoms with Gasteiger partial charge in [0.25, 0.3) is 15.7 Å². The van der Waals surface area contributed by atoms with Crippen LogP contribution in [0.3, 0.4) is 0 Å². The van der Waals surface area contributed by atoms with Crippen LogP contribution in [0.25, 0.3) is 0 Å². The van der Waals surface area contributed by atoms with E-state index in [0.717, 1.165) is 12.1 Å². The minimum atomic E-state index is -4.17. The molecule has 0 saturated heterocycles. The Kier molecular flexibility index (Phi) is 5.20. The third-order valence-electron chi connectivity index (χ3n) is 2.24. The van der Waals surface area contributed by atoms with Crippen LogP contribution >= 0.6 is 0 Å². The molecular formula is C12H16N2O5S. The SMILES string of the molecule is CC/C(=N\S(=O)(=O)c1ccccc1[N+](=O)[O-])OC(C)C. The summed E-state index contributed by atoms with van der Waals surface area (Å²) in [5.74, 6) is 0.0261. The fourth-order valence-corrected chi connectivity index (χ4v) is 2.65. The molecule has 0 aliphatic heterocycles. The molecule has 7 nitrogen and oxygen atoms in total. The number of para-hydroxylation sites is 1. The van der Waals surface area contributed by atoms with Crippen LogP contribution in [-0.2, 0) is 14.8 Å². The molecule has 0 saturated carbocycles. The van der Waals surface area contributed by atoms with Gasteiger partial charge in [-0.2, -0.15) is 8.42 Å². The zero-order chi connectivity index (χ0) is 15.3. The van der Waals surface area contributed by atoms with E-state index in [2.05, 4.69) is 4.40 Å². The van der Waals surface area contributed by atoms with Crippen LogP contribution in [0.5, 0.6) is 0 Å². The largest absolute Gasteiger partial charge is 0.478 e. The van der Waals surface area contributed by atoms with Gasteiger partial charge < -0.3 is 4.74 Å². The van der Waals surface area contributed by atoms with Gasteiger partial charge in [0, 0.05) is 12.5 Å². The molecule has 0 unspecified atom stereocenters. The first-order valence-electron chi connectivity index (χ1n) is 6.01. The van der Waals surface area contributed by atoms with Gasteiger partial charge in [-0.15, -0.1) is 4.40 Å². The van der Waals surface area contributed by atoms with E-state index in [9.17, 15) is 18.5 Å². The van der Waals surface area contributed by atoms with Crippen LogP contribution in [0.1, 0.15) is 27.2 Å². The maximum atomic E-state index is 12.1. The number of nitro groups is 1. The molecule has 0 spiro atoms. The Hall–Kier alpha value is -1.96. The van der Waals surface area contributed by atoms with Gasteiger partial charge in [-0.05, 0) is 19.9 Å². The molecule has 0 aromatic heterocycles. The molecule has 0 heterocycles. The second kappa shape index (κ2) is 6.47.